The minimum absolute atomic E-state index is 0.0347. The zero-order valence-electron chi connectivity index (χ0n) is 11.4. The van der Waals surface area contributed by atoms with Crippen molar-refractivity contribution in [1.29, 1.82) is 0 Å². The molecule has 0 spiro atoms. The maximum Gasteiger partial charge on any atom is 0.344 e. The number of carbonyl (C=O) groups is 1. The molecule has 19 heavy (non-hydrogen) atoms. The van der Waals surface area contributed by atoms with Crippen LogP contribution < -0.4 is 11.4 Å². The molecular formula is C11H20N4O3S. The number of nitrogens with zero attached hydrogens (tertiary/aromatic N) is 2. The minimum Gasteiger partial charge on any atom is -0.465 e. The Hall–Kier alpha value is -1.28. The van der Waals surface area contributed by atoms with E-state index in [0.29, 0.717) is 23.9 Å². The predicted molar refractivity (Wildman–Crippen MR) is 73.2 cm³/mol. The number of nitrogens with one attached hydrogen (secondary N) is 1. The van der Waals surface area contributed by atoms with E-state index in [1.165, 1.54) is 11.8 Å². The van der Waals surface area contributed by atoms with E-state index in [1.54, 1.807) is 11.5 Å². The second kappa shape index (κ2) is 7.34. The van der Waals surface area contributed by atoms with Gasteiger partial charge in [-0.3, -0.25) is 9.36 Å². The highest BCUT2D eigenvalue weighted by atomic mass is 32.2. The summed E-state index contributed by atoms with van der Waals surface area (Å²) in [5.74, 6) is 0.197. The van der Waals surface area contributed by atoms with Gasteiger partial charge in [0.05, 0.1) is 6.61 Å². The molecule has 7 nitrogen and oxygen atoms in total. The quantitative estimate of drug-likeness (QED) is 0.560. The molecule has 0 saturated carbocycles. The molecule has 1 atom stereocenters. The average molecular weight is 288 g/mol. The third kappa shape index (κ3) is 4.39. The lowest BCUT2D eigenvalue weighted by atomic mass is 10.2. The Kier molecular flexibility index (Phi) is 6.10. The highest BCUT2D eigenvalue weighted by Gasteiger charge is 2.16. The van der Waals surface area contributed by atoms with Crippen molar-refractivity contribution in [2.24, 2.45) is 5.73 Å². The van der Waals surface area contributed by atoms with E-state index in [-0.39, 0.29) is 11.7 Å². The van der Waals surface area contributed by atoms with Crippen molar-refractivity contribution in [3.63, 3.8) is 0 Å². The highest BCUT2D eigenvalue weighted by molar-refractivity contribution is 7.99. The number of hydrogen-bond acceptors (Lipinski definition) is 6. The van der Waals surface area contributed by atoms with E-state index in [9.17, 15) is 9.59 Å². The van der Waals surface area contributed by atoms with Crippen LogP contribution in [0.4, 0.5) is 0 Å². The van der Waals surface area contributed by atoms with Crippen molar-refractivity contribution in [3.8, 4) is 0 Å². The lowest BCUT2D eigenvalue weighted by molar-refractivity contribution is -0.144. The Morgan fingerprint density at radius 2 is 2.26 bits per heavy atom. The summed E-state index contributed by atoms with van der Waals surface area (Å²) in [7, 11) is 0. The van der Waals surface area contributed by atoms with Gasteiger partial charge in [-0.1, -0.05) is 11.8 Å². The fourth-order valence-corrected chi connectivity index (χ4v) is 2.59. The molecule has 1 aromatic rings. The van der Waals surface area contributed by atoms with Gasteiger partial charge < -0.3 is 10.5 Å². The van der Waals surface area contributed by atoms with Gasteiger partial charge in [-0.25, -0.2) is 9.89 Å². The Labute approximate surface area is 115 Å². The van der Waals surface area contributed by atoms with Crippen LogP contribution in [0.15, 0.2) is 9.95 Å². The van der Waals surface area contributed by atoms with Crippen LogP contribution in [0.2, 0.25) is 0 Å². The number of carbonyl (C=O) groups excluding carboxylic acids is 1. The SMILES string of the molecule is CCOC(=O)C(N)CCSc1n[nH]c(=O)n1C(C)C. The van der Waals surface area contributed by atoms with Gasteiger partial charge in [0.15, 0.2) is 5.16 Å². The second-order valence-corrected chi connectivity index (χ2v) is 5.33. The van der Waals surface area contributed by atoms with Gasteiger partial charge in [-0.05, 0) is 27.2 Å². The Morgan fingerprint density at radius 3 is 2.84 bits per heavy atom. The predicted octanol–water partition coefficient (Wildman–Crippen LogP) is 0.525. The lowest BCUT2D eigenvalue weighted by Gasteiger charge is -2.11. The van der Waals surface area contributed by atoms with Crippen molar-refractivity contribution in [3.05, 3.63) is 10.5 Å². The first-order valence-corrected chi connectivity index (χ1v) is 7.17. The van der Waals surface area contributed by atoms with E-state index < -0.39 is 12.0 Å². The van der Waals surface area contributed by atoms with E-state index in [2.05, 4.69) is 10.2 Å². The Balaban J connectivity index is 2.50. The molecule has 0 radical (unpaired) electrons. The number of hydrogen-bond donors (Lipinski definition) is 2. The topological polar surface area (TPSA) is 103 Å². The summed E-state index contributed by atoms with van der Waals surface area (Å²) >= 11 is 1.39. The molecule has 1 rings (SSSR count). The molecule has 0 fully saturated rings. The van der Waals surface area contributed by atoms with Crippen molar-refractivity contribution in [1.82, 2.24) is 14.8 Å². The molecule has 108 valence electrons. The van der Waals surface area contributed by atoms with Gasteiger partial charge in [0.1, 0.15) is 6.04 Å². The monoisotopic (exact) mass is 288 g/mol. The number of esters is 1. The number of aromatic amines is 1. The van der Waals surface area contributed by atoms with Crippen LogP contribution in [-0.4, -0.2) is 39.1 Å². The summed E-state index contributed by atoms with van der Waals surface area (Å²) in [5, 5.41) is 6.97. The zero-order chi connectivity index (χ0) is 14.4. The van der Waals surface area contributed by atoms with E-state index in [4.69, 9.17) is 10.5 Å². The van der Waals surface area contributed by atoms with Crippen LogP contribution in [0.1, 0.15) is 33.2 Å². The average Bonchev–Trinajstić information content (AvgIpc) is 2.70. The standard InChI is InChI=1S/C11H20N4O3S/c1-4-18-9(16)8(12)5-6-19-11-14-13-10(17)15(11)7(2)3/h7-8H,4-6,12H2,1-3H3,(H,13,17). The van der Waals surface area contributed by atoms with Crippen LogP contribution in [0.5, 0.6) is 0 Å². The normalized spacial score (nSPS) is 12.7. The number of rotatable bonds is 7. The summed E-state index contributed by atoms with van der Waals surface area (Å²) in [6.07, 6.45) is 0.475. The molecule has 1 unspecified atom stereocenters. The number of H-pyrrole nitrogens is 1. The molecule has 0 aliphatic carbocycles. The molecular weight excluding hydrogens is 268 g/mol. The summed E-state index contributed by atoms with van der Waals surface area (Å²) < 4.78 is 6.39. The van der Waals surface area contributed by atoms with Crippen LogP contribution in [0.25, 0.3) is 0 Å². The largest absolute Gasteiger partial charge is 0.465 e. The molecule has 0 bridgehead atoms. The van der Waals surface area contributed by atoms with E-state index in [1.807, 2.05) is 13.8 Å². The third-order valence-corrected chi connectivity index (χ3v) is 3.42. The summed E-state index contributed by atoms with van der Waals surface area (Å²) in [5.41, 5.74) is 5.46. The first kappa shape index (κ1) is 15.8. The first-order valence-electron chi connectivity index (χ1n) is 6.19. The molecule has 0 aliphatic heterocycles. The summed E-state index contributed by atoms with van der Waals surface area (Å²) in [4.78, 5) is 22.8. The molecule has 1 heterocycles. The first-order chi connectivity index (χ1) is 8.97. The molecule has 1 aromatic heterocycles. The molecule has 0 amide bonds. The fourth-order valence-electron chi connectivity index (χ4n) is 1.49. The third-order valence-electron chi connectivity index (χ3n) is 2.44. The van der Waals surface area contributed by atoms with E-state index >= 15 is 0 Å². The number of nitrogens with two attached hydrogens (primary N) is 1. The van der Waals surface area contributed by atoms with E-state index in [0.717, 1.165) is 0 Å². The Bertz CT molecular complexity index is 469. The molecule has 0 aromatic carbocycles. The zero-order valence-corrected chi connectivity index (χ0v) is 12.2. The molecule has 8 heteroatoms. The smallest absolute Gasteiger partial charge is 0.344 e. The molecule has 0 aliphatic rings. The van der Waals surface area contributed by atoms with Crippen LogP contribution in [-0.2, 0) is 9.53 Å². The van der Waals surface area contributed by atoms with Gasteiger partial charge in [0.25, 0.3) is 0 Å². The molecule has 3 N–H and O–H groups in total. The number of thioether (sulfide) groups is 1. The highest BCUT2D eigenvalue weighted by Crippen LogP contribution is 2.18. The van der Waals surface area contributed by atoms with Gasteiger partial charge in [-0.2, -0.15) is 0 Å². The number of ether oxygens (including phenoxy) is 1. The summed E-state index contributed by atoms with van der Waals surface area (Å²) in [6.45, 7) is 5.88. The van der Waals surface area contributed by atoms with Gasteiger partial charge in [0.2, 0.25) is 0 Å². The minimum atomic E-state index is -0.634. The van der Waals surface area contributed by atoms with Crippen molar-refractivity contribution in [2.45, 2.75) is 44.4 Å². The Morgan fingerprint density at radius 1 is 1.58 bits per heavy atom. The van der Waals surface area contributed by atoms with Crippen LogP contribution in [0, 0.1) is 0 Å². The maximum absolute atomic E-state index is 11.5. The number of aromatic nitrogens is 3. The van der Waals surface area contributed by atoms with Crippen molar-refractivity contribution < 1.29 is 9.53 Å². The summed E-state index contributed by atoms with van der Waals surface area (Å²) in [6, 6.07) is -0.599. The fraction of sp³-hybridized carbons (Fsp3) is 0.727. The van der Waals surface area contributed by atoms with Gasteiger partial charge in [-0.15, -0.1) is 5.10 Å². The second-order valence-electron chi connectivity index (χ2n) is 4.27. The van der Waals surface area contributed by atoms with Crippen molar-refractivity contribution in [2.75, 3.05) is 12.4 Å². The van der Waals surface area contributed by atoms with Crippen molar-refractivity contribution >= 4 is 17.7 Å². The van der Waals surface area contributed by atoms with Crippen LogP contribution in [0.3, 0.4) is 0 Å². The maximum atomic E-state index is 11.5. The van der Waals surface area contributed by atoms with Gasteiger partial charge >= 0.3 is 11.7 Å². The lowest BCUT2D eigenvalue weighted by Crippen LogP contribution is -2.32. The molecule has 0 saturated heterocycles. The van der Waals surface area contributed by atoms with Gasteiger partial charge in [0, 0.05) is 11.8 Å². The van der Waals surface area contributed by atoms with Crippen LogP contribution >= 0.6 is 11.8 Å².